The number of aryl methyl sites for hydroxylation is 1. The van der Waals surface area contributed by atoms with E-state index in [9.17, 15) is 4.79 Å². The van der Waals surface area contributed by atoms with Gasteiger partial charge >= 0.3 is 0 Å². The number of aromatic nitrogens is 2. The number of ether oxygens (including phenoxy) is 2. The van der Waals surface area contributed by atoms with Crippen LogP contribution in [0.25, 0.3) is 0 Å². The molecular weight excluding hydrogens is 398 g/mol. The molecule has 164 valence electrons. The summed E-state index contributed by atoms with van der Waals surface area (Å²) in [6, 6.07) is 10.4. The molecule has 1 aliphatic heterocycles. The largest absolute Gasteiger partial charge is 0.385 e. The Hall–Kier alpha value is -1.83. The number of rotatable bonds is 10. The molecule has 1 aromatic carbocycles. The second-order valence-electron chi connectivity index (χ2n) is 7.98. The Labute approximate surface area is 183 Å². The van der Waals surface area contributed by atoms with E-state index in [4.69, 9.17) is 9.47 Å². The van der Waals surface area contributed by atoms with Crippen molar-refractivity contribution in [2.75, 3.05) is 20.3 Å². The van der Waals surface area contributed by atoms with Gasteiger partial charge in [0.15, 0.2) is 0 Å². The van der Waals surface area contributed by atoms with Gasteiger partial charge in [0, 0.05) is 43.2 Å². The van der Waals surface area contributed by atoms with Gasteiger partial charge in [-0.15, -0.1) is 11.8 Å². The topological polar surface area (TPSA) is 65.4 Å². The van der Waals surface area contributed by atoms with E-state index in [2.05, 4.69) is 48.5 Å². The van der Waals surface area contributed by atoms with Crippen molar-refractivity contribution < 1.29 is 14.3 Å². The molecule has 1 amide bonds. The number of thioether (sulfide) groups is 1. The lowest BCUT2D eigenvalue weighted by Gasteiger charge is -2.22. The molecule has 2 heterocycles. The first-order valence-corrected chi connectivity index (χ1v) is 11.6. The standard InChI is InChI=1S/C23H33N3O3S/c1-16(2)30-19-8-6-18(7-9-19)17(3)25-23(27)20-11-15-29-22(20)21-10-12-24-26(21)13-5-14-28-4/h6-10,12,16-17,20,22H,5,11,13-15H2,1-4H3,(H,25,27)/t17-,20-,22-/m0/s1. The highest BCUT2D eigenvalue weighted by atomic mass is 32.2. The lowest BCUT2D eigenvalue weighted by Crippen LogP contribution is -2.34. The van der Waals surface area contributed by atoms with Crippen molar-refractivity contribution in [1.82, 2.24) is 15.1 Å². The summed E-state index contributed by atoms with van der Waals surface area (Å²) in [6.45, 7) is 8.42. The van der Waals surface area contributed by atoms with Crippen molar-refractivity contribution in [1.29, 1.82) is 0 Å². The Kier molecular flexibility index (Phi) is 8.36. The van der Waals surface area contributed by atoms with Gasteiger partial charge < -0.3 is 14.8 Å². The second kappa shape index (κ2) is 11.0. The smallest absolute Gasteiger partial charge is 0.226 e. The van der Waals surface area contributed by atoms with Crippen molar-refractivity contribution in [3.63, 3.8) is 0 Å². The molecule has 6 nitrogen and oxygen atoms in total. The van der Waals surface area contributed by atoms with Gasteiger partial charge in [-0.25, -0.2) is 0 Å². The number of nitrogens with one attached hydrogen (secondary N) is 1. The number of nitrogens with zero attached hydrogens (tertiary/aromatic N) is 2. The van der Waals surface area contributed by atoms with Crippen LogP contribution in [-0.4, -0.2) is 41.3 Å². The van der Waals surface area contributed by atoms with Crippen LogP contribution < -0.4 is 5.32 Å². The summed E-state index contributed by atoms with van der Waals surface area (Å²) >= 11 is 1.84. The molecule has 0 radical (unpaired) electrons. The van der Waals surface area contributed by atoms with E-state index in [1.54, 1.807) is 13.3 Å². The number of hydrogen-bond acceptors (Lipinski definition) is 5. The van der Waals surface area contributed by atoms with E-state index in [1.807, 2.05) is 29.4 Å². The summed E-state index contributed by atoms with van der Waals surface area (Å²) < 4.78 is 13.0. The first-order chi connectivity index (χ1) is 14.5. The average molecular weight is 432 g/mol. The minimum Gasteiger partial charge on any atom is -0.385 e. The zero-order valence-electron chi connectivity index (χ0n) is 18.3. The van der Waals surface area contributed by atoms with E-state index >= 15 is 0 Å². The number of benzene rings is 1. The third-order valence-corrected chi connectivity index (χ3v) is 6.31. The molecule has 1 aromatic heterocycles. The lowest BCUT2D eigenvalue weighted by molar-refractivity contribution is -0.127. The van der Waals surface area contributed by atoms with E-state index in [0.717, 1.165) is 30.6 Å². The molecule has 0 spiro atoms. The first-order valence-electron chi connectivity index (χ1n) is 10.7. The van der Waals surface area contributed by atoms with Crippen molar-refractivity contribution in [3.05, 3.63) is 47.8 Å². The average Bonchev–Trinajstić information content (AvgIpc) is 3.37. The normalized spacial score (nSPS) is 19.9. The molecule has 7 heteroatoms. The van der Waals surface area contributed by atoms with Crippen LogP contribution in [0, 0.1) is 5.92 Å². The van der Waals surface area contributed by atoms with Crippen LogP contribution in [0.1, 0.15) is 57.0 Å². The molecule has 0 aliphatic carbocycles. The molecule has 3 rings (SSSR count). The highest BCUT2D eigenvalue weighted by Gasteiger charge is 2.37. The maximum Gasteiger partial charge on any atom is 0.226 e. The van der Waals surface area contributed by atoms with Crippen molar-refractivity contribution in [3.8, 4) is 0 Å². The summed E-state index contributed by atoms with van der Waals surface area (Å²) in [5.41, 5.74) is 2.07. The summed E-state index contributed by atoms with van der Waals surface area (Å²) in [5, 5.41) is 8.15. The highest BCUT2D eigenvalue weighted by Crippen LogP contribution is 2.35. The molecule has 2 aromatic rings. The van der Waals surface area contributed by atoms with E-state index in [-0.39, 0.29) is 24.0 Å². The van der Waals surface area contributed by atoms with Crippen LogP contribution in [0.3, 0.4) is 0 Å². The lowest BCUT2D eigenvalue weighted by atomic mass is 9.97. The maximum absolute atomic E-state index is 13.1. The zero-order valence-corrected chi connectivity index (χ0v) is 19.2. The number of carbonyl (C=O) groups is 1. The Balaban J connectivity index is 1.62. The van der Waals surface area contributed by atoms with Gasteiger partial charge in [-0.2, -0.15) is 5.10 Å². The summed E-state index contributed by atoms with van der Waals surface area (Å²) in [5.74, 6) is -0.170. The Morgan fingerprint density at radius 2 is 2.07 bits per heavy atom. The third kappa shape index (κ3) is 5.86. The summed E-state index contributed by atoms with van der Waals surface area (Å²) in [7, 11) is 1.70. The molecule has 0 saturated carbocycles. The van der Waals surface area contributed by atoms with Crippen LogP contribution in [0.5, 0.6) is 0 Å². The Bertz CT molecular complexity index is 806. The molecule has 3 atom stereocenters. The van der Waals surface area contributed by atoms with Crippen LogP contribution >= 0.6 is 11.8 Å². The maximum atomic E-state index is 13.1. The first kappa shape index (κ1) is 22.8. The van der Waals surface area contributed by atoms with Gasteiger partial charge in [-0.3, -0.25) is 9.48 Å². The van der Waals surface area contributed by atoms with Crippen molar-refractivity contribution in [2.24, 2.45) is 5.92 Å². The molecule has 1 aliphatic rings. The number of hydrogen-bond donors (Lipinski definition) is 1. The predicted octanol–water partition coefficient (Wildman–Crippen LogP) is 4.38. The molecule has 0 unspecified atom stereocenters. The Morgan fingerprint density at radius 3 is 2.77 bits per heavy atom. The van der Waals surface area contributed by atoms with Gasteiger partial charge in [0.05, 0.1) is 17.7 Å². The molecule has 30 heavy (non-hydrogen) atoms. The SMILES string of the molecule is COCCCn1nccc1[C@H]1OCC[C@@H]1C(=O)N[C@@H](C)c1ccc(SC(C)C)cc1. The Morgan fingerprint density at radius 1 is 1.30 bits per heavy atom. The second-order valence-corrected chi connectivity index (χ2v) is 9.63. The molecular formula is C23H33N3O3S. The van der Waals surface area contributed by atoms with Crippen LogP contribution in [0.2, 0.25) is 0 Å². The fourth-order valence-electron chi connectivity index (χ4n) is 3.79. The fourth-order valence-corrected chi connectivity index (χ4v) is 4.63. The van der Waals surface area contributed by atoms with Gasteiger partial charge in [0.1, 0.15) is 6.10 Å². The molecule has 1 fully saturated rings. The highest BCUT2D eigenvalue weighted by molar-refractivity contribution is 7.99. The number of methoxy groups -OCH3 is 1. The van der Waals surface area contributed by atoms with Gasteiger partial charge in [-0.05, 0) is 43.5 Å². The summed E-state index contributed by atoms with van der Waals surface area (Å²) in [6.07, 6.45) is 3.11. The van der Waals surface area contributed by atoms with E-state index in [0.29, 0.717) is 18.5 Å². The number of carbonyl (C=O) groups excluding carboxylic acids is 1. The van der Waals surface area contributed by atoms with Gasteiger partial charge in [0.25, 0.3) is 0 Å². The van der Waals surface area contributed by atoms with Gasteiger partial charge in [-0.1, -0.05) is 26.0 Å². The zero-order chi connectivity index (χ0) is 21.5. The predicted molar refractivity (Wildman–Crippen MR) is 120 cm³/mol. The van der Waals surface area contributed by atoms with Crippen molar-refractivity contribution in [2.45, 2.75) is 62.4 Å². The number of amides is 1. The van der Waals surface area contributed by atoms with E-state index < -0.39 is 0 Å². The van der Waals surface area contributed by atoms with E-state index in [1.165, 1.54) is 4.90 Å². The minimum absolute atomic E-state index is 0.0373. The van der Waals surface area contributed by atoms with Crippen LogP contribution in [0.4, 0.5) is 0 Å². The van der Waals surface area contributed by atoms with Gasteiger partial charge in [0.2, 0.25) is 5.91 Å². The minimum atomic E-state index is -0.257. The monoisotopic (exact) mass is 431 g/mol. The molecule has 1 saturated heterocycles. The van der Waals surface area contributed by atoms with Crippen LogP contribution in [0.15, 0.2) is 41.4 Å². The molecule has 1 N–H and O–H groups in total. The quantitative estimate of drug-likeness (QED) is 0.447. The van der Waals surface area contributed by atoms with Crippen molar-refractivity contribution >= 4 is 17.7 Å². The van der Waals surface area contributed by atoms with Crippen LogP contribution in [-0.2, 0) is 20.8 Å². The summed E-state index contributed by atoms with van der Waals surface area (Å²) in [4.78, 5) is 14.3. The molecule has 0 bridgehead atoms. The fraction of sp³-hybridized carbons (Fsp3) is 0.565. The third-order valence-electron chi connectivity index (χ3n) is 5.30.